The van der Waals surface area contributed by atoms with Crippen molar-refractivity contribution in [2.45, 2.75) is 23.8 Å². The molecule has 1 heterocycles. The van der Waals surface area contributed by atoms with Crippen molar-refractivity contribution in [2.24, 2.45) is 0 Å². The normalized spacial score (nSPS) is 16.3. The van der Waals surface area contributed by atoms with E-state index in [0.717, 1.165) is 12.8 Å². The fourth-order valence-corrected chi connectivity index (χ4v) is 2.27. The minimum Gasteiger partial charge on any atom is -0.357 e. The summed E-state index contributed by atoms with van der Waals surface area (Å²) in [6.07, 6.45) is 4.41. The van der Waals surface area contributed by atoms with Crippen molar-refractivity contribution in [1.82, 2.24) is 14.7 Å². The van der Waals surface area contributed by atoms with Gasteiger partial charge >= 0.3 is 0 Å². The van der Waals surface area contributed by atoms with Gasteiger partial charge in [-0.2, -0.15) is 0 Å². The number of anilines is 1. The van der Waals surface area contributed by atoms with E-state index in [-0.39, 0.29) is 10.9 Å². The topological polar surface area (TPSA) is 84.0 Å². The van der Waals surface area contributed by atoms with Gasteiger partial charge in [0, 0.05) is 13.1 Å². The van der Waals surface area contributed by atoms with Crippen LogP contribution in [0.1, 0.15) is 12.8 Å². The molecule has 0 saturated heterocycles. The van der Waals surface area contributed by atoms with Gasteiger partial charge in [-0.05, 0) is 12.8 Å². The summed E-state index contributed by atoms with van der Waals surface area (Å²) in [6.45, 7) is 0. The van der Waals surface area contributed by atoms with Crippen LogP contribution in [-0.2, 0) is 10.0 Å². The lowest BCUT2D eigenvalue weighted by atomic mass is 10.7. The number of hydrogen-bond acceptors (Lipinski definition) is 5. The lowest BCUT2D eigenvalue weighted by Crippen LogP contribution is -2.26. The third kappa shape index (κ3) is 2.42. The van der Waals surface area contributed by atoms with Gasteiger partial charge in [0.2, 0.25) is 16.0 Å². The molecule has 15 heavy (non-hydrogen) atoms. The summed E-state index contributed by atoms with van der Waals surface area (Å²) in [4.78, 5) is 7.80. The number of aromatic nitrogens is 2. The van der Waals surface area contributed by atoms with E-state index in [9.17, 15) is 8.42 Å². The molecule has 1 aliphatic carbocycles. The molecular weight excluding hydrogens is 216 g/mol. The third-order valence-electron chi connectivity index (χ3n) is 2.06. The van der Waals surface area contributed by atoms with E-state index in [1.165, 1.54) is 12.4 Å². The van der Waals surface area contributed by atoms with E-state index in [2.05, 4.69) is 20.0 Å². The van der Waals surface area contributed by atoms with Crippen molar-refractivity contribution in [3.05, 3.63) is 12.4 Å². The fraction of sp³-hybridized carbons (Fsp3) is 0.500. The van der Waals surface area contributed by atoms with Crippen LogP contribution >= 0.6 is 0 Å². The smallest absolute Gasteiger partial charge is 0.243 e. The van der Waals surface area contributed by atoms with Crippen molar-refractivity contribution < 1.29 is 8.42 Å². The van der Waals surface area contributed by atoms with Crippen LogP contribution in [-0.4, -0.2) is 31.5 Å². The fourth-order valence-electron chi connectivity index (χ4n) is 1.07. The molecule has 0 aromatic carbocycles. The van der Waals surface area contributed by atoms with Gasteiger partial charge in [-0.3, -0.25) is 0 Å². The highest BCUT2D eigenvalue weighted by Gasteiger charge is 2.28. The number of nitrogens with one attached hydrogen (secondary N) is 2. The van der Waals surface area contributed by atoms with Crippen LogP contribution in [0, 0.1) is 0 Å². The average Bonchev–Trinajstić information content (AvgIpc) is 3.01. The molecule has 0 unspecified atom stereocenters. The summed E-state index contributed by atoms with van der Waals surface area (Å²) >= 11 is 0. The highest BCUT2D eigenvalue weighted by atomic mass is 32.2. The van der Waals surface area contributed by atoms with Crippen LogP contribution in [0.25, 0.3) is 0 Å². The second-order valence-electron chi connectivity index (χ2n) is 3.39. The average molecular weight is 228 g/mol. The SMILES string of the molecule is CNc1ncc(S(=O)(=O)NC2CC2)cn1. The predicted octanol–water partition coefficient (Wildman–Crippen LogP) is -0.0410. The summed E-state index contributed by atoms with van der Waals surface area (Å²) < 4.78 is 25.9. The molecule has 1 aliphatic rings. The summed E-state index contributed by atoms with van der Waals surface area (Å²) in [6, 6.07) is 0.0963. The Labute approximate surface area is 88.2 Å². The van der Waals surface area contributed by atoms with Gasteiger partial charge in [0.25, 0.3) is 0 Å². The first-order valence-corrected chi connectivity index (χ1v) is 6.12. The zero-order valence-electron chi connectivity index (χ0n) is 8.27. The third-order valence-corrected chi connectivity index (χ3v) is 3.54. The van der Waals surface area contributed by atoms with Crippen LogP contribution in [0.5, 0.6) is 0 Å². The lowest BCUT2D eigenvalue weighted by molar-refractivity contribution is 0.580. The second-order valence-corrected chi connectivity index (χ2v) is 5.10. The Balaban J connectivity index is 2.19. The first kappa shape index (κ1) is 10.3. The van der Waals surface area contributed by atoms with Gasteiger partial charge in [-0.1, -0.05) is 0 Å². The Hall–Kier alpha value is -1.21. The summed E-state index contributed by atoms with van der Waals surface area (Å²) in [5, 5.41) is 2.72. The van der Waals surface area contributed by atoms with Crippen molar-refractivity contribution in [3.8, 4) is 0 Å². The molecule has 1 fully saturated rings. The lowest BCUT2D eigenvalue weighted by Gasteiger charge is -2.04. The Bertz CT molecular complexity index is 438. The quantitative estimate of drug-likeness (QED) is 0.755. The van der Waals surface area contributed by atoms with E-state index >= 15 is 0 Å². The number of sulfonamides is 1. The van der Waals surface area contributed by atoms with Gasteiger partial charge in [0.05, 0.1) is 12.4 Å². The van der Waals surface area contributed by atoms with Gasteiger partial charge in [-0.25, -0.2) is 23.1 Å². The maximum absolute atomic E-state index is 11.7. The van der Waals surface area contributed by atoms with Crippen LogP contribution in [0.4, 0.5) is 5.95 Å². The Morgan fingerprint density at radius 3 is 2.40 bits per heavy atom. The van der Waals surface area contributed by atoms with Crippen LogP contribution in [0.2, 0.25) is 0 Å². The minimum atomic E-state index is -3.42. The minimum absolute atomic E-state index is 0.0963. The van der Waals surface area contributed by atoms with Gasteiger partial charge < -0.3 is 5.32 Å². The van der Waals surface area contributed by atoms with Crippen molar-refractivity contribution in [3.63, 3.8) is 0 Å². The van der Waals surface area contributed by atoms with E-state index in [1.54, 1.807) is 7.05 Å². The molecule has 0 bridgehead atoms. The van der Waals surface area contributed by atoms with E-state index in [0.29, 0.717) is 5.95 Å². The van der Waals surface area contributed by atoms with E-state index < -0.39 is 10.0 Å². The van der Waals surface area contributed by atoms with Crippen molar-refractivity contribution in [1.29, 1.82) is 0 Å². The summed E-state index contributed by atoms with van der Waals surface area (Å²) in [7, 11) is -1.75. The summed E-state index contributed by atoms with van der Waals surface area (Å²) in [5.74, 6) is 0.403. The molecule has 0 radical (unpaired) electrons. The molecule has 1 saturated carbocycles. The molecule has 0 aliphatic heterocycles. The molecule has 1 aromatic heterocycles. The van der Waals surface area contributed by atoms with Crippen molar-refractivity contribution >= 4 is 16.0 Å². The van der Waals surface area contributed by atoms with Gasteiger partial charge in [-0.15, -0.1) is 0 Å². The number of rotatable bonds is 4. The summed E-state index contributed by atoms with van der Waals surface area (Å²) in [5.41, 5.74) is 0. The molecule has 2 rings (SSSR count). The molecule has 7 heteroatoms. The van der Waals surface area contributed by atoms with Crippen LogP contribution in [0.15, 0.2) is 17.3 Å². The molecular formula is C8H12N4O2S. The first-order chi connectivity index (χ1) is 7.12. The molecule has 0 amide bonds. The zero-order chi connectivity index (χ0) is 10.9. The van der Waals surface area contributed by atoms with Crippen molar-refractivity contribution in [2.75, 3.05) is 12.4 Å². The maximum atomic E-state index is 11.7. The molecule has 82 valence electrons. The molecule has 0 spiro atoms. The van der Waals surface area contributed by atoms with Crippen LogP contribution < -0.4 is 10.0 Å². The zero-order valence-corrected chi connectivity index (χ0v) is 9.08. The van der Waals surface area contributed by atoms with Gasteiger partial charge in [0.1, 0.15) is 4.90 Å². The highest BCUT2D eigenvalue weighted by molar-refractivity contribution is 7.89. The largest absolute Gasteiger partial charge is 0.357 e. The van der Waals surface area contributed by atoms with Crippen LogP contribution in [0.3, 0.4) is 0 Å². The molecule has 1 aromatic rings. The number of nitrogens with zero attached hydrogens (tertiary/aromatic N) is 2. The monoisotopic (exact) mass is 228 g/mol. The standard InChI is InChI=1S/C8H12N4O2S/c1-9-8-10-4-7(5-11-8)15(13,14)12-6-2-3-6/h4-6,12H,2-3H2,1H3,(H,9,10,11). The predicted molar refractivity (Wildman–Crippen MR) is 54.9 cm³/mol. The Morgan fingerprint density at radius 1 is 1.33 bits per heavy atom. The van der Waals surface area contributed by atoms with E-state index in [1.807, 2.05) is 0 Å². The van der Waals surface area contributed by atoms with Gasteiger partial charge in [0.15, 0.2) is 0 Å². The number of hydrogen-bond donors (Lipinski definition) is 2. The molecule has 0 atom stereocenters. The Morgan fingerprint density at radius 2 is 1.93 bits per heavy atom. The Kier molecular flexibility index (Phi) is 2.57. The van der Waals surface area contributed by atoms with E-state index in [4.69, 9.17) is 0 Å². The first-order valence-electron chi connectivity index (χ1n) is 4.64. The second kappa shape index (κ2) is 3.74. The maximum Gasteiger partial charge on any atom is 0.243 e. The highest BCUT2D eigenvalue weighted by Crippen LogP contribution is 2.21. The molecule has 2 N–H and O–H groups in total. The molecule has 6 nitrogen and oxygen atoms in total.